The molecule has 2 rings (SSSR count). The summed E-state index contributed by atoms with van der Waals surface area (Å²) in [6.07, 6.45) is 1.38. The van der Waals surface area contributed by atoms with Gasteiger partial charge in [0.05, 0.1) is 0 Å². The Balaban J connectivity index is 2.26. The Morgan fingerprint density at radius 1 is 1.09 bits per heavy atom. The highest BCUT2D eigenvalue weighted by Gasteiger charge is 2.14. The average Bonchev–Trinajstić information content (AvgIpc) is 2.49. The number of amides is 1. The Morgan fingerprint density at radius 2 is 1.73 bits per heavy atom. The first-order chi connectivity index (χ1) is 10.5. The number of halogens is 1. The number of benzene rings is 2. The van der Waals surface area contributed by atoms with Gasteiger partial charge in [-0.05, 0) is 42.3 Å². The van der Waals surface area contributed by atoms with Crippen LogP contribution >= 0.6 is 11.6 Å². The third kappa shape index (κ3) is 3.96. The van der Waals surface area contributed by atoms with Crippen molar-refractivity contribution < 1.29 is 14.7 Å². The van der Waals surface area contributed by atoms with Crippen LogP contribution in [0.3, 0.4) is 0 Å². The Labute approximate surface area is 133 Å². The lowest BCUT2D eigenvalue weighted by atomic mass is 10.1. The maximum Gasteiger partial charge on any atom is 0.352 e. The Morgan fingerprint density at radius 3 is 2.32 bits per heavy atom. The van der Waals surface area contributed by atoms with Crippen LogP contribution in [0.1, 0.15) is 21.5 Å². The van der Waals surface area contributed by atoms with Crippen LogP contribution in [0.25, 0.3) is 6.08 Å². The molecule has 112 valence electrons. The summed E-state index contributed by atoms with van der Waals surface area (Å²) in [5.74, 6) is -1.67. The molecule has 0 aliphatic heterocycles. The van der Waals surface area contributed by atoms with Gasteiger partial charge in [0.15, 0.2) is 0 Å². The summed E-state index contributed by atoms with van der Waals surface area (Å²) in [6, 6.07) is 13.6. The van der Waals surface area contributed by atoms with E-state index in [1.54, 1.807) is 49.4 Å². The van der Waals surface area contributed by atoms with Crippen LogP contribution in [0.15, 0.2) is 54.2 Å². The van der Waals surface area contributed by atoms with E-state index < -0.39 is 11.9 Å². The van der Waals surface area contributed by atoms with E-state index in [0.717, 1.165) is 5.56 Å². The van der Waals surface area contributed by atoms with Crippen molar-refractivity contribution >= 4 is 29.6 Å². The van der Waals surface area contributed by atoms with Gasteiger partial charge < -0.3 is 10.4 Å². The lowest BCUT2D eigenvalue weighted by Crippen LogP contribution is -2.27. The van der Waals surface area contributed by atoms with Crippen LogP contribution in [-0.2, 0) is 4.79 Å². The molecule has 0 bridgehead atoms. The van der Waals surface area contributed by atoms with Crippen LogP contribution in [0.5, 0.6) is 0 Å². The van der Waals surface area contributed by atoms with E-state index in [9.17, 15) is 14.7 Å². The molecule has 0 radical (unpaired) electrons. The van der Waals surface area contributed by atoms with Gasteiger partial charge >= 0.3 is 5.97 Å². The molecule has 0 saturated heterocycles. The number of aliphatic carboxylic acids is 1. The fourth-order valence-corrected chi connectivity index (χ4v) is 2.02. The SMILES string of the molecule is Cc1ccccc1C(=O)NC(=Cc1ccc(Cl)cc1)C(=O)O. The molecule has 4 nitrogen and oxygen atoms in total. The summed E-state index contributed by atoms with van der Waals surface area (Å²) in [7, 11) is 0. The first-order valence-corrected chi connectivity index (χ1v) is 6.92. The largest absolute Gasteiger partial charge is 0.477 e. The second-order valence-corrected chi connectivity index (χ2v) is 5.12. The van der Waals surface area contributed by atoms with Gasteiger partial charge in [-0.25, -0.2) is 4.79 Å². The van der Waals surface area contributed by atoms with Crippen LogP contribution in [-0.4, -0.2) is 17.0 Å². The average molecular weight is 316 g/mol. The van der Waals surface area contributed by atoms with Gasteiger partial charge in [-0.2, -0.15) is 0 Å². The molecular formula is C17H14ClNO3. The highest BCUT2D eigenvalue weighted by Crippen LogP contribution is 2.13. The van der Waals surface area contributed by atoms with Crippen LogP contribution < -0.4 is 5.32 Å². The molecular weight excluding hydrogens is 302 g/mol. The minimum atomic E-state index is -1.21. The number of nitrogens with one attached hydrogen (secondary N) is 1. The number of carboxylic acid groups (broad SMARTS) is 1. The molecule has 0 saturated carbocycles. The summed E-state index contributed by atoms with van der Waals surface area (Å²) < 4.78 is 0. The number of carbonyl (C=O) groups is 2. The zero-order chi connectivity index (χ0) is 16.1. The first-order valence-electron chi connectivity index (χ1n) is 6.55. The molecule has 0 fully saturated rings. The Kier molecular flexibility index (Phi) is 4.96. The van der Waals surface area contributed by atoms with Gasteiger partial charge in [-0.15, -0.1) is 0 Å². The normalized spacial score (nSPS) is 11.1. The van der Waals surface area contributed by atoms with Gasteiger partial charge in [-0.3, -0.25) is 4.79 Å². The summed E-state index contributed by atoms with van der Waals surface area (Å²) >= 11 is 5.79. The van der Waals surface area contributed by atoms with Gasteiger partial charge in [0.2, 0.25) is 0 Å². The maximum atomic E-state index is 12.2. The molecule has 5 heteroatoms. The predicted octanol–water partition coefficient (Wildman–Crippen LogP) is 3.50. The molecule has 2 N–H and O–H groups in total. The molecule has 0 atom stereocenters. The number of carbonyl (C=O) groups excluding carboxylic acids is 1. The summed E-state index contributed by atoms with van der Waals surface area (Å²) in [5.41, 5.74) is 1.64. The number of hydrogen-bond donors (Lipinski definition) is 2. The van der Waals surface area contributed by atoms with Crippen molar-refractivity contribution in [1.82, 2.24) is 5.32 Å². The van der Waals surface area contributed by atoms with Crippen LogP contribution in [0.4, 0.5) is 0 Å². The molecule has 0 unspecified atom stereocenters. The standard InChI is InChI=1S/C17H14ClNO3/c1-11-4-2-3-5-14(11)16(20)19-15(17(21)22)10-12-6-8-13(18)9-7-12/h2-10H,1H3,(H,19,20)(H,21,22). The van der Waals surface area contributed by atoms with E-state index in [-0.39, 0.29) is 5.70 Å². The highest BCUT2D eigenvalue weighted by atomic mass is 35.5. The number of carboxylic acids is 1. The predicted molar refractivity (Wildman–Crippen MR) is 85.7 cm³/mol. The number of aryl methyl sites for hydroxylation is 1. The minimum Gasteiger partial charge on any atom is -0.477 e. The van der Waals surface area contributed by atoms with E-state index in [1.165, 1.54) is 6.08 Å². The van der Waals surface area contributed by atoms with Crippen molar-refractivity contribution in [2.75, 3.05) is 0 Å². The monoisotopic (exact) mass is 315 g/mol. The zero-order valence-corrected chi connectivity index (χ0v) is 12.6. The van der Waals surface area contributed by atoms with Crippen molar-refractivity contribution in [2.45, 2.75) is 6.92 Å². The van der Waals surface area contributed by atoms with Gasteiger partial charge in [0.25, 0.3) is 5.91 Å². The van der Waals surface area contributed by atoms with Crippen molar-refractivity contribution in [3.05, 3.63) is 75.9 Å². The summed E-state index contributed by atoms with van der Waals surface area (Å²) in [4.78, 5) is 23.5. The molecule has 2 aromatic rings. The maximum absolute atomic E-state index is 12.2. The van der Waals surface area contributed by atoms with E-state index >= 15 is 0 Å². The third-order valence-corrected chi connectivity index (χ3v) is 3.30. The molecule has 0 heterocycles. The first kappa shape index (κ1) is 15.8. The topological polar surface area (TPSA) is 66.4 Å². The Hall–Kier alpha value is -2.59. The molecule has 1 amide bonds. The fourth-order valence-electron chi connectivity index (χ4n) is 1.89. The van der Waals surface area contributed by atoms with Crippen LogP contribution in [0, 0.1) is 6.92 Å². The van der Waals surface area contributed by atoms with Crippen LogP contribution in [0.2, 0.25) is 5.02 Å². The number of rotatable bonds is 4. The quantitative estimate of drug-likeness (QED) is 0.849. The van der Waals surface area contributed by atoms with E-state index in [1.807, 2.05) is 6.07 Å². The molecule has 0 spiro atoms. The smallest absolute Gasteiger partial charge is 0.352 e. The molecule has 0 aliphatic carbocycles. The van der Waals surface area contributed by atoms with Gasteiger partial charge in [0, 0.05) is 10.6 Å². The molecule has 22 heavy (non-hydrogen) atoms. The van der Waals surface area contributed by atoms with Gasteiger partial charge in [0.1, 0.15) is 5.70 Å². The van der Waals surface area contributed by atoms with Crippen molar-refractivity contribution in [3.63, 3.8) is 0 Å². The number of hydrogen-bond acceptors (Lipinski definition) is 2. The molecule has 0 aromatic heterocycles. The van der Waals surface area contributed by atoms with E-state index in [0.29, 0.717) is 16.1 Å². The van der Waals surface area contributed by atoms with Crippen molar-refractivity contribution in [2.24, 2.45) is 0 Å². The summed E-state index contributed by atoms with van der Waals surface area (Å²) in [6.45, 7) is 1.79. The zero-order valence-electron chi connectivity index (χ0n) is 11.8. The molecule has 2 aromatic carbocycles. The van der Waals surface area contributed by atoms with E-state index in [4.69, 9.17) is 11.6 Å². The Bertz CT molecular complexity index is 736. The summed E-state index contributed by atoms with van der Waals surface area (Å²) in [5, 5.41) is 12.2. The molecule has 0 aliphatic rings. The van der Waals surface area contributed by atoms with Crippen molar-refractivity contribution in [3.8, 4) is 0 Å². The van der Waals surface area contributed by atoms with Crippen molar-refractivity contribution in [1.29, 1.82) is 0 Å². The second kappa shape index (κ2) is 6.91. The third-order valence-electron chi connectivity index (χ3n) is 3.05. The fraction of sp³-hybridized carbons (Fsp3) is 0.0588. The van der Waals surface area contributed by atoms with Gasteiger partial charge in [-0.1, -0.05) is 41.9 Å². The second-order valence-electron chi connectivity index (χ2n) is 4.68. The lowest BCUT2D eigenvalue weighted by Gasteiger charge is -2.08. The minimum absolute atomic E-state index is 0.199. The highest BCUT2D eigenvalue weighted by molar-refractivity contribution is 6.30. The van der Waals surface area contributed by atoms with E-state index in [2.05, 4.69) is 5.32 Å². The lowest BCUT2D eigenvalue weighted by molar-refractivity contribution is -0.132.